The Balaban J connectivity index is 2.10. The van der Waals surface area contributed by atoms with E-state index in [1.807, 2.05) is 30.5 Å². The second kappa shape index (κ2) is 5.40. The summed E-state index contributed by atoms with van der Waals surface area (Å²) in [5.74, 6) is 2.28. The fraction of sp³-hybridized carbons (Fsp3) is 0.312. The summed E-state index contributed by atoms with van der Waals surface area (Å²) < 4.78 is 0. The molecule has 1 aromatic carbocycles. The number of carbonyl (C=O) groups is 1. The zero-order valence-electron chi connectivity index (χ0n) is 11.7. The number of hydrogen-bond acceptors (Lipinski definition) is 2. The number of rotatable bonds is 4. The van der Waals surface area contributed by atoms with Crippen LogP contribution in [0, 0.1) is 12.3 Å². The number of benzene rings is 1. The van der Waals surface area contributed by atoms with E-state index in [1.54, 1.807) is 13.8 Å². The van der Waals surface area contributed by atoms with Gasteiger partial charge in [-0.15, -0.1) is 6.42 Å². The first-order valence-corrected chi connectivity index (χ1v) is 6.53. The van der Waals surface area contributed by atoms with Gasteiger partial charge in [-0.1, -0.05) is 24.1 Å². The highest BCUT2D eigenvalue weighted by molar-refractivity contribution is 5.86. The zero-order chi connectivity index (χ0) is 14.8. The number of terminal acetylenes is 1. The average Bonchev–Trinajstić information content (AvgIpc) is 2.82. The normalized spacial score (nSPS) is 12.9. The van der Waals surface area contributed by atoms with Crippen LogP contribution in [0.4, 0.5) is 0 Å². The molecular weight excluding hydrogens is 250 g/mol. The van der Waals surface area contributed by atoms with Crippen LogP contribution in [0.5, 0.6) is 0 Å². The van der Waals surface area contributed by atoms with Crippen molar-refractivity contribution in [1.29, 1.82) is 0 Å². The van der Waals surface area contributed by atoms with Crippen molar-refractivity contribution in [2.75, 3.05) is 0 Å². The molecule has 2 rings (SSSR count). The third-order valence-electron chi connectivity index (χ3n) is 3.25. The first-order valence-electron chi connectivity index (χ1n) is 6.53. The average molecular weight is 269 g/mol. The van der Waals surface area contributed by atoms with Gasteiger partial charge in [0.2, 0.25) is 5.91 Å². The van der Waals surface area contributed by atoms with Gasteiger partial charge in [0, 0.05) is 17.1 Å². The molecule has 1 amide bonds. The maximum atomic E-state index is 12.0. The van der Waals surface area contributed by atoms with E-state index in [0.717, 1.165) is 16.5 Å². The number of carbonyl (C=O) groups excluding carboxylic acids is 1. The van der Waals surface area contributed by atoms with Crippen LogP contribution in [0.2, 0.25) is 0 Å². The molecule has 0 spiro atoms. The van der Waals surface area contributed by atoms with E-state index in [-0.39, 0.29) is 5.91 Å². The number of nitrogens with one attached hydrogen (secondary N) is 2. The van der Waals surface area contributed by atoms with Gasteiger partial charge in [0.25, 0.3) is 0 Å². The number of nitrogens with two attached hydrogens (primary N) is 1. The summed E-state index contributed by atoms with van der Waals surface area (Å²) in [6, 6.07) is 7.31. The summed E-state index contributed by atoms with van der Waals surface area (Å²) in [6.07, 6.45) is 7.72. The fourth-order valence-electron chi connectivity index (χ4n) is 2.07. The van der Waals surface area contributed by atoms with Crippen LogP contribution >= 0.6 is 0 Å². The lowest BCUT2D eigenvalue weighted by molar-refractivity contribution is -0.123. The summed E-state index contributed by atoms with van der Waals surface area (Å²) in [4.78, 5) is 15.2. The molecule has 4 N–H and O–H groups in total. The van der Waals surface area contributed by atoms with Crippen molar-refractivity contribution in [3.63, 3.8) is 0 Å². The van der Waals surface area contributed by atoms with Crippen molar-refractivity contribution in [2.45, 2.75) is 31.8 Å². The number of aromatic amines is 1. The fourth-order valence-corrected chi connectivity index (χ4v) is 2.07. The molecule has 1 heterocycles. The summed E-state index contributed by atoms with van der Waals surface area (Å²) in [5, 5.41) is 3.85. The molecule has 4 nitrogen and oxygen atoms in total. The van der Waals surface area contributed by atoms with Crippen LogP contribution in [-0.4, -0.2) is 22.5 Å². The van der Waals surface area contributed by atoms with E-state index in [9.17, 15) is 4.79 Å². The Morgan fingerprint density at radius 3 is 2.90 bits per heavy atom. The Morgan fingerprint density at radius 2 is 2.20 bits per heavy atom. The van der Waals surface area contributed by atoms with E-state index < -0.39 is 11.6 Å². The van der Waals surface area contributed by atoms with Crippen molar-refractivity contribution in [1.82, 2.24) is 10.3 Å². The topological polar surface area (TPSA) is 70.9 Å². The third-order valence-corrected chi connectivity index (χ3v) is 3.25. The van der Waals surface area contributed by atoms with Gasteiger partial charge in [-0.05, 0) is 31.9 Å². The molecule has 0 saturated heterocycles. The molecule has 0 aliphatic carbocycles. The van der Waals surface area contributed by atoms with E-state index in [0.29, 0.717) is 6.42 Å². The lowest BCUT2D eigenvalue weighted by Gasteiger charge is -2.22. The Labute approximate surface area is 118 Å². The lowest BCUT2D eigenvalue weighted by Crippen LogP contribution is -2.50. The molecule has 0 fully saturated rings. The largest absolute Gasteiger partial charge is 0.361 e. The van der Waals surface area contributed by atoms with Gasteiger partial charge in [-0.25, -0.2) is 0 Å². The van der Waals surface area contributed by atoms with E-state index in [2.05, 4.69) is 16.2 Å². The number of hydrogen-bond donors (Lipinski definition) is 3. The molecule has 0 unspecified atom stereocenters. The molecule has 4 heteroatoms. The molecular formula is C16H19N3O. The van der Waals surface area contributed by atoms with Crippen LogP contribution in [0.3, 0.4) is 0 Å². The van der Waals surface area contributed by atoms with Gasteiger partial charge in [0.1, 0.15) is 0 Å². The standard InChI is InChI=1S/C16H19N3O/c1-4-16(2,3)19-15(20)13(17)9-11-10-18-14-8-6-5-7-12(11)14/h1,5-8,10,13,18H,9,17H2,2-3H3,(H,19,20)/t13-/m1/s1. The first kappa shape index (κ1) is 14.2. The van der Waals surface area contributed by atoms with E-state index in [1.165, 1.54) is 0 Å². The second-order valence-corrected chi connectivity index (χ2v) is 5.43. The Morgan fingerprint density at radius 1 is 1.50 bits per heavy atom. The highest BCUT2D eigenvalue weighted by atomic mass is 16.2. The lowest BCUT2D eigenvalue weighted by atomic mass is 10.0. The SMILES string of the molecule is C#CC(C)(C)NC(=O)[C@H](N)Cc1c[nH]c2ccccc12. The predicted octanol–water partition coefficient (Wildman–Crippen LogP) is 1.57. The minimum Gasteiger partial charge on any atom is -0.361 e. The van der Waals surface area contributed by atoms with Gasteiger partial charge < -0.3 is 16.0 Å². The van der Waals surface area contributed by atoms with Crippen molar-refractivity contribution in [3.05, 3.63) is 36.0 Å². The Kier molecular flexibility index (Phi) is 3.82. The number of aromatic nitrogens is 1. The highest BCUT2D eigenvalue weighted by Crippen LogP contribution is 2.18. The van der Waals surface area contributed by atoms with Gasteiger partial charge in [0.15, 0.2) is 0 Å². The summed E-state index contributed by atoms with van der Waals surface area (Å²) in [7, 11) is 0. The maximum absolute atomic E-state index is 12.0. The highest BCUT2D eigenvalue weighted by Gasteiger charge is 2.22. The molecule has 2 aromatic rings. The van der Waals surface area contributed by atoms with Crippen LogP contribution in [0.1, 0.15) is 19.4 Å². The molecule has 0 aliphatic heterocycles. The molecule has 0 radical (unpaired) electrons. The van der Waals surface area contributed by atoms with E-state index >= 15 is 0 Å². The summed E-state index contributed by atoms with van der Waals surface area (Å²) in [5.41, 5.74) is 7.35. The van der Waals surface area contributed by atoms with Crippen molar-refractivity contribution in [3.8, 4) is 12.3 Å². The number of H-pyrrole nitrogens is 1. The third kappa shape index (κ3) is 3.01. The molecule has 104 valence electrons. The van der Waals surface area contributed by atoms with Crippen LogP contribution in [0.25, 0.3) is 10.9 Å². The van der Waals surface area contributed by atoms with Gasteiger partial charge in [0.05, 0.1) is 11.6 Å². The Bertz CT molecular complexity index is 664. The van der Waals surface area contributed by atoms with Crippen molar-refractivity contribution < 1.29 is 4.79 Å². The molecule has 1 aromatic heterocycles. The smallest absolute Gasteiger partial charge is 0.238 e. The van der Waals surface area contributed by atoms with E-state index in [4.69, 9.17) is 12.2 Å². The monoisotopic (exact) mass is 269 g/mol. The maximum Gasteiger partial charge on any atom is 0.238 e. The second-order valence-electron chi connectivity index (χ2n) is 5.43. The minimum atomic E-state index is -0.686. The number of fused-ring (bicyclic) bond motifs is 1. The predicted molar refractivity (Wildman–Crippen MR) is 81.0 cm³/mol. The number of amides is 1. The summed E-state index contributed by atoms with van der Waals surface area (Å²) in [6.45, 7) is 3.53. The quantitative estimate of drug-likeness (QED) is 0.737. The molecule has 0 aliphatic rings. The van der Waals surface area contributed by atoms with Crippen molar-refractivity contribution >= 4 is 16.8 Å². The first-order chi connectivity index (χ1) is 9.43. The molecule has 20 heavy (non-hydrogen) atoms. The Hall–Kier alpha value is -2.25. The summed E-state index contributed by atoms with van der Waals surface area (Å²) >= 11 is 0. The minimum absolute atomic E-state index is 0.238. The van der Waals surface area contributed by atoms with Crippen LogP contribution in [0.15, 0.2) is 30.5 Å². The molecule has 0 saturated carbocycles. The van der Waals surface area contributed by atoms with Crippen molar-refractivity contribution in [2.24, 2.45) is 5.73 Å². The molecule has 1 atom stereocenters. The molecule has 0 bridgehead atoms. The van der Waals surface area contributed by atoms with Gasteiger partial charge in [-0.2, -0.15) is 0 Å². The number of para-hydroxylation sites is 1. The van der Waals surface area contributed by atoms with Crippen LogP contribution in [-0.2, 0) is 11.2 Å². The van der Waals surface area contributed by atoms with Gasteiger partial charge in [-0.3, -0.25) is 4.79 Å². The zero-order valence-corrected chi connectivity index (χ0v) is 11.7. The van der Waals surface area contributed by atoms with Crippen LogP contribution < -0.4 is 11.1 Å². The van der Waals surface area contributed by atoms with Gasteiger partial charge >= 0.3 is 0 Å².